The van der Waals surface area contributed by atoms with E-state index in [0.717, 1.165) is 27.7 Å². The Bertz CT molecular complexity index is 971. The summed E-state index contributed by atoms with van der Waals surface area (Å²) in [5.74, 6) is 0. The summed E-state index contributed by atoms with van der Waals surface area (Å²) in [6.07, 6.45) is 1.53. The van der Waals surface area contributed by atoms with Crippen molar-refractivity contribution >= 4 is 27.1 Å². The second-order valence-corrected chi connectivity index (χ2v) is 7.04. The number of rotatable bonds is 4. The molecule has 0 spiro atoms. The number of aromatic nitrogens is 1. The van der Waals surface area contributed by atoms with E-state index in [1.165, 1.54) is 6.21 Å². The minimum absolute atomic E-state index is 0.191. The summed E-state index contributed by atoms with van der Waals surface area (Å²) >= 11 is 0. The van der Waals surface area contributed by atoms with Crippen LogP contribution in [-0.4, -0.2) is 19.6 Å². The molecule has 0 saturated carbocycles. The fourth-order valence-electron chi connectivity index (χ4n) is 2.40. The summed E-state index contributed by atoms with van der Waals surface area (Å²) < 4.78 is 24.4. The molecule has 2 aromatic carbocycles. The van der Waals surface area contributed by atoms with Crippen molar-refractivity contribution in [2.75, 3.05) is 0 Å². The maximum atomic E-state index is 12.2. The Balaban J connectivity index is 1.85. The number of aromatic amines is 1. The van der Waals surface area contributed by atoms with Crippen molar-refractivity contribution in [3.8, 4) is 0 Å². The van der Waals surface area contributed by atoms with Gasteiger partial charge in [-0.05, 0) is 32.0 Å². The van der Waals surface area contributed by atoms with Crippen LogP contribution >= 0.6 is 0 Å². The van der Waals surface area contributed by atoms with E-state index in [0.29, 0.717) is 0 Å². The predicted molar refractivity (Wildman–Crippen MR) is 92.1 cm³/mol. The van der Waals surface area contributed by atoms with Crippen LogP contribution in [0.25, 0.3) is 10.9 Å². The van der Waals surface area contributed by atoms with Crippen LogP contribution in [0, 0.1) is 13.8 Å². The van der Waals surface area contributed by atoms with Gasteiger partial charge in [-0.3, -0.25) is 0 Å². The first-order valence-electron chi connectivity index (χ1n) is 7.16. The van der Waals surface area contributed by atoms with Gasteiger partial charge in [0.25, 0.3) is 10.0 Å². The average Bonchev–Trinajstić information content (AvgIpc) is 2.84. The van der Waals surface area contributed by atoms with Gasteiger partial charge < -0.3 is 4.98 Å². The normalized spacial score (nSPS) is 12.1. The van der Waals surface area contributed by atoms with Crippen LogP contribution in [0.15, 0.2) is 58.5 Å². The predicted octanol–water partition coefficient (Wildman–Crippen LogP) is 3.10. The number of nitrogens with one attached hydrogen (secondary N) is 2. The standard InChI is InChI=1S/C17H17N3O2S/c1-12-7-9-14(10-8-12)23(21,22)20-18-11-16-13(2)19-17-6-4-3-5-15(16)17/h3-11,19-20H,1-2H3. The fraction of sp³-hybridized carbons (Fsp3) is 0.118. The van der Waals surface area contributed by atoms with Gasteiger partial charge in [0.2, 0.25) is 0 Å². The zero-order valence-corrected chi connectivity index (χ0v) is 13.7. The molecule has 1 heterocycles. The highest BCUT2D eigenvalue weighted by molar-refractivity contribution is 7.89. The van der Waals surface area contributed by atoms with Crippen LogP contribution in [0.2, 0.25) is 0 Å². The molecule has 0 aliphatic heterocycles. The molecule has 0 fully saturated rings. The van der Waals surface area contributed by atoms with Crippen LogP contribution in [0.5, 0.6) is 0 Å². The Morgan fingerprint density at radius 3 is 2.48 bits per heavy atom. The Kier molecular flexibility index (Phi) is 3.92. The third-order valence-electron chi connectivity index (χ3n) is 3.64. The van der Waals surface area contributed by atoms with Crippen molar-refractivity contribution in [2.45, 2.75) is 18.7 Å². The summed E-state index contributed by atoms with van der Waals surface area (Å²) in [4.78, 5) is 5.69. The fourth-order valence-corrected chi connectivity index (χ4v) is 3.19. The number of hydrogen-bond acceptors (Lipinski definition) is 3. The lowest BCUT2D eigenvalue weighted by atomic mass is 10.1. The highest BCUT2D eigenvalue weighted by Crippen LogP contribution is 2.20. The molecule has 1 aromatic heterocycles. The maximum Gasteiger partial charge on any atom is 0.276 e. The number of hydrazone groups is 1. The van der Waals surface area contributed by atoms with Crippen molar-refractivity contribution in [2.24, 2.45) is 5.10 Å². The third-order valence-corrected chi connectivity index (χ3v) is 4.88. The molecule has 0 amide bonds. The molecular weight excluding hydrogens is 310 g/mol. The molecule has 3 rings (SSSR count). The molecule has 118 valence electrons. The van der Waals surface area contributed by atoms with E-state index in [-0.39, 0.29) is 4.90 Å². The van der Waals surface area contributed by atoms with Gasteiger partial charge in [0.05, 0.1) is 11.1 Å². The largest absolute Gasteiger partial charge is 0.358 e. The molecule has 0 radical (unpaired) electrons. The minimum atomic E-state index is -3.65. The third kappa shape index (κ3) is 3.12. The number of sulfonamides is 1. The molecule has 0 atom stereocenters. The van der Waals surface area contributed by atoms with E-state index in [1.54, 1.807) is 24.3 Å². The zero-order chi connectivity index (χ0) is 16.4. The lowest BCUT2D eigenvalue weighted by molar-refractivity contribution is 0.584. The molecule has 0 bridgehead atoms. The van der Waals surface area contributed by atoms with Gasteiger partial charge in [0, 0.05) is 22.2 Å². The Hall–Kier alpha value is -2.60. The van der Waals surface area contributed by atoms with Crippen molar-refractivity contribution in [3.05, 3.63) is 65.4 Å². The molecule has 0 saturated heterocycles. The van der Waals surface area contributed by atoms with E-state index in [4.69, 9.17) is 0 Å². The van der Waals surface area contributed by atoms with Gasteiger partial charge in [0.1, 0.15) is 0 Å². The Morgan fingerprint density at radius 1 is 1.04 bits per heavy atom. The summed E-state index contributed by atoms with van der Waals surface area (Å²) in [7, 11) is -3.65. The van der Waals surface area contributed by atoms with Crippen molar-refractivity contribution in [1.29, 1.82) is 0 Å². The van der Waals surface area contributed by atoms with E-state index >= 15 is 0 Å². The van der Waals surface area contributed by atoms with Crippen molar-refractivity contribution < 1.29 is 8.42 Å². The molecule has 0 aliphatic rings. The number of fused-ring (bicyclic) bond motifs is 1. The molecule has 2 N–H and O–H groups in total. The number of hydrogen-bond donors (Lipinski definition) is 2. The highest BCUT2D eigenvalue weighted by Gasteiger charge is 2.12. The molecule has 6 heteroatoms. The van der Waals surface area contributed by atoms with Crippen molar-refractivity contribution in [3.63, 3.8) is 0 Å². The Morgan fingerprint density at radius 2 is 1.74 bits per heavy atom. The quantitative estimate of drug-likeness (QED) is 0.571. The van der Waals surface area contributed by atoms with E-state index in [2.05, 4.69) is 14.9 Å². The lowest BCUT2D eigenvalue weighted by Crippen LogP contribution is -2.18. The summed E-state index contributed by atoms with van der Waals surface area (Å²) in [6.45, 7) is 3.83. The van der Waals surface area contributed by atoms with Gasteiger partial charge in [-0.1, -0.05) is 35.9 Å². The monoisotopic (exact) mass is 327 g/mol. The van der Waals surface area contributed by atoms with Gasteiger partial charge in [-0.15, -0.1) is 0 Å². The SMILES string of the molecule is Cc1ccc(S(=O)(=O)NN=Cc2c(C)[nH]c3ccccc23)cc1. The number of H-pyrrole nitrogens is 1. The first kappa shape index (κ1) is 15.3. The Labute approximate surface area is 135 Å². The summed E-state index contributed by atoms with van der Waals surface area (Å²) in [5.41, 5.74) is 3.80. The van der Waals surface area contributed by atoms with Gasteiger partial charge in [-0.2, -0.15) is 13.5 Å². The minimum Gasteiger partial charge on any atom is -0.358 e. The second-order valence-electron chi connectivity index (χ2n) is 5.38. The molecule has 0 aliphatic carbocycles. The average molecular weight is 327 g/mol. The van der Waals surface area contributed by atoms with Crippen LogP contribution < -0.4 is 4.83 Å². The molecule has 23 heavy (non-hydrogen) atoms. The lowest BCUT2D eigenvalue weighted by Gasteiger charge is -2.03. The van der Waals surface area contributed by atoms with Crippen molar-refractivity contribution in [1.82, 2.24) is 9.82 Å². The van der Waals surface area contributed by atoms with Gasteiger partial charge in [0.15, 0.2) is 0 Å². The first-order valence-corrected chi connectivity index (χ1v) is 8.64. The highest BCUT2D eigenvalue weighted by atomic mass is 32.2. The smallest absolute Gasteiger partial charge is 0.276 e. The molecule has 0 unspecified atom stereocenters. The summed E-state index contributed by atoms with van der Waals surface area (Å²) in [6, 6.07) is 14.4. The number of aryl methyl sites for hydroxylation is 2. The first-order chi connectivity index (χ1) is 11.0. The van der Waals surface area contributed by atoms with E-state index in [1.807, 2.05) is 38.1 Å². The molecular formula is C17H17N3O2S. The number of benzene rings is 2. The molecule has 5 nitrogen and oxygen atoms in total. The second kappa shape index (κ2) is 5.89. The van der Waals surface area contributed by atoms with Crippen LogP contribution in [0.1, 0.15) is 16.8 Å². The van der Waals surface area contributed by atoms with Crippen LogP contribution in [0.3, 0.4) is 0 Å². The maximum absolute atomic E-state index is 12.2. The molecule has 3 aromatic rings. The zero-order valence-electron chi connectivity index (χ0n) is 12.9. The van der Waals surface area contributed by atoms with E-state index < -0.39 is 10.0 Å². The topological polar surface area (TPSA) is 74.3 Å². The summed E-state index contributed by atoms with van der Waals surface area (Å²) in [5, 5.41) is 4.92. The van der Waals surface area contributed by atoms with Gasteiger partial charge in [-0.25, -0.2) is 4.83 Å². The van der Waals surface area contributed by atoms with E-state index in [9.17, 15) is 8.42 Å². The number of nitrogens with zero attached hydrogens (tertiary/aromatic N) is 1. The van der Waals surface area contributed by atoms with Crippen LogP contribution in [-0.2, 0) is 10.0 Å². The van der Waals surface area contributed by atoms with Gasteiger partial charge >= 0.3 is 0 Å². The van der Waals surface area contributed by atoms with Crippen LogP contribution in [0.4, 0.5) is 0 Å². The number of para-hydroxylation sites is 1.